The third-order valence-corrected chi connectivity index (χ3v) is 1.78. The second-order valence-electron chi connectivity index (χ2n) is 2.76. The van der Waals surface area contributed by atoms with E-state index in [-0.39, 0.29) is 17.0 Å². The number of hydrogen-bond donors (Lipinski definition) is 2. The molecular weight excluding hydrogens is 206 g/mol. The van der Waals surface area contributed by atoms with Crippen molar-refractivity contribution in [2.24, 2.45) is 10.3 Å². The van der Waals surface area contributed by atoms with Gasteiger partial charge in [-0.05, 0) is 19.1 Å². The van der Waals surface area contributed by atoms with E-state index in [0.29, 0.717) is 6.07 Å². The highest BCUT2D eigenvalue weighted by Crippen LogP contribution is 2.11. The van der Waals surface area contributed by atoms with Crippen LogP contribution < -0.4 is 0 Å². The maximum atomic E-state index is 13.2. The summed E-state index contributed by atoms with van der Waals surface area (Å²) in [6.07, 6.45) is 0. The summed E-state index contributed by atoms with van der Waals surface area (Å²) < 4.78 is 25.8. The van der Waals surface area contributed by atoms with Gasteiger partial charge >= 0.3 is 0 Å². The molecule has 2 N–H and O–H groups in total. The summed E-state index contributed by atoms with van der Waals surface area (Å²) in [5, 5.41) is 22.6. The predicted octanol–water partition coefficient (Wildman–Crippen LogP) is 1.99. The van der Waals surface area contributed by atoms with Gasteiger partial charge in [0.2, 0.25) is 0 Å². The molecule has 0 aliphatic carbocycles. The Morgan fingerprint density at radius 3 is 2.33 bits per heavy atom. The number of nitrogens with zero attached hydrogens (tertiary/aromatic N) is 2. The number of oxime groups is 2. The number of halogens is 2. The zero-order valence-electron chi connectivity index (χ0n) is 7.78. The number of hydrogen-bond acceptors (Lipinski definition) is 4. The highest BCUT2D eigenvalue weighted by molar-refractivity contribution is 6.47. The molecule has 1 rings (SSSR count). The summed E-state index contributed by atoms with van der Waals surface area (Å²) in [6, 6.07) is 2.74. The van der Waals surface area contributed by atoms with Gasteiger partial charge in [-0.1, -0.05) is 10.3 Å². The van der Waals surface area contributed by atoms with E-state index in [1.807, 2.05) is 0 Å². The minimum Gasteiger partial charge on any atom is -0.411 e. The van der Waals surface area contributed by atoms with Gasteiger partial charge in [0.05, 0.1) is 0 Å². The van der Waals surface area contributed by atoms with Crippen LogP contribution in [0.15, 0.2) is 28.5 Å². The molecule has 0 spiro atoms. The van der Waals surface area contributed by atoms with Gasteiger partial charge in [0.15, 0.2) is 0 Å². The fourth-order valence-electron chi connectivity index (χ4n) is 1.05. The molecule has 0 unspecified atom stereocenters. The van der Waals surface area contributed by atoms with Crippen LogP contribution in [-0.2, 0) is 0 Å². The van der Waals surface area contributed by atoms with Crippen LogP contribution in [-0.4, -0.2) is 21.8 Å². The zero-order valence-corrected chi connectivity index (χ0v) is 7.78. The number of benzene rings is 1. The van der Waals surface area contributed by atoms with E-state index < -0.39 is 11.6 Å². The lowest BCUT2D eigenvalue weighted by atomic mass is 10.1. The van der Waals surface area contributed by atoms with Crippen LogP contribution in [0.3, 0.4) is 0 Å². The van der Waals surface area contributed by atoms with E-state index in [2.05, 4.69) is 10.3 Å². The van der Waals surface area contributed by atoms with Gasteiger partial charge < -0.3 is 10.4 Å². The van der Waals surface area contributed by atoms with E-state index in [1.165, 1.54) is 6.92 Å². The SMILES string of the molecule is CC(=N/O)/C(=N\O)c1ccc(F)cc1F. The predicted molar refractivity (Wildman–Crippen MR) is 49.6 cm³/mol. The van der Waals surface area contributed by atoms with Crippen LogP contribution in [0.1, 0.15) is 12.5 Å². The molecule has 0 atom stereocenters. The van der Waals surface area contributed by atoms with Gasteiger partial charge in [-0.3, -0.25) is 0 Å². The first-order valence-electron chi connectivity index (χ1n) is 3.96. The summed E-state index contributed by atoms with van der Waals surface area (Å²) in [6.45, 7) is 1.32. The minimum absolute atomic E-state index is 0.0805. The van der Waals surface area contributed by atoms with Crippen LogP contribution >= 0.6 is 0 Å². The van der Waals surface area contributed by atoms with Crippen molar-refractivity contribution in [3.05, 3.63) is 35.4 Å². The van der Waals surface area contributed by atoms with Crippen molar-refractivity contribution in [3.63, 3.8) is 0 Å². The molecule has 0 saturated carbocycles. The molecule has 0 aliphatic heterocycles. The molecule has 0 bridgehead atoms. The molecule has 0 saturated heterocycles. The van der Waals surface area contributed by atoms with E-state index in [9.17, 15) is 8.78 Å². The maximum absolute atomic E-state index is 13.2. The second kappa shape index (κ2) is 4.50. The van der Waals surface area contributed by atoms with Gasteiger partial charge in [0.1, 0.15) is 23.1 Å². The van der Waals surface area contributed by atoms with Crippen molar-refractivity contribution < 1.29 is 19.2 Å². The van der Waals surface area contributed by atoms with Gasteiger partial charge in [-0.25, -0.2) is 8.78 Å². The molecule has 0 heterocycles. The zero-order chi connectivity index (χ0) is 11.4. The Labute approximate surface area is 84.1 Å². The summed E-state index contributed by atoms with van der Waals surface area (Å²) in [5.41, 5.74) is -0.479. The Kier molecular flexibility index (Phi) is 3.33. The molecule has 4 nitrogen and oxygen atoms in total. The number of rotatable bonds is 2. The smallest absolute Gasteiger partial charge is 0.137 e. The van der Waals surface area contributed by atoms with Crippen LogP contribution in [0.4, 0.5) is 8.78 Å². The molecule has 0 aliphatic rings. The Bertz CT molecular complexity index is 430. The fraction of sp³-hybridized carbons (Fsp3) is 0.111. The van der Waals surface area contributed by atoms with Crippen LogP contribution in [0.25, 0.3) is 0 Å². The van der Waals surface area contributed by atoms with Crippen LogP contribution in [0.5, 0.6) is 0 Å². The summed E-state index contributed by atoms with van der Waals surface area (Å²) >= 11 is 0. The van der Waals surface area contributed by atoms with Crippen molar-refractivity contribution >= 4 is 11.4 Å². The third-order valence-electron chi connectivity index (χ3n) is 1.78. The quantitative estimate of drug-likeness (QED) is 0.449. The molecule has 0 amide bonds. The van der Waals surface area contributed by atoms with Gasteiger partial charge in [-0.2, -0.15) is 0 Å². The Hall–Kier alpha value is -1.98. The van der Waals surface area contributed by atoms with Gasteiger partial charge in [0.25, 0.3) is 0 Å². The highest BCUT2D eigenvalue weighted by Gasteiger charge is 2.14. The summed E-state index contributed by atoms with van der Waals surface area (Å²) in [5.74, 6) is -1.64. The molecule has 0 fully saturated rings. The third kappa shape index (κ3) is 2.28. The molecule has 0 aromatic heterocycles. The average molecular weight is 214 g/mol. The summed E-state index contributed by atoms with van der Waals surface area (Å²) in [7, 11) is 0. The molecule has 6 heteroatoms. The first-order chi connectivity index (χ1) is 7.10. The van der Waals surface area contributed by atoms with E-state index >= 15 is 0 Å². The molecular formula is C9H8F2N2O2. The monoisotopic (exact) mass is 214 g/mol. The second-order valence-corrected chi connectivity index (χ2v) is 2.76. The maximum Gasteiger partial charge on any atom is 0.137 e. The lowest BCUT2D eigenvalue weighted by molar-refractivity contribution is 0.314. The Balaban J connectivity index is 3.26. The molecule has 1 aromatic carbocycles. The van der Waals surface area contributed by atoms with E-state index in [0.717, 1.165) is 12.1 Å². The normalized spacial score (nSPS) is 13.0. The van der Waals surface area contributed by atoms with Crippen LogP contribution in [0, 0.1) is 11.6 Å². The molecule has 80 valence electrons. The molecule has 0 radical (unpaired) electrons. The average Bonchev–Trinajstić information content (AvgIpc) is 2.21. The first kappa shape index (κ1) is 11.1. The fourth-order valence-corrected chi connectivity index (χ4v) is 1.05. The van der Waals surface area contributed by atoms with Crippen molar-refractivity contribution in [1.82, 2.24) is 0 Å². The lowest BCUT2D eigenvalue weighted by Gasteiger charge is -2.03. The molecule has 15 heavy (non-hydrogen) atoms. The largest absolute Gasteiger partial charge is 0.411 e. The van der Waals surface area contributed by atoms with E-state index in [4.69, 9.17) is 10.4 Å². The standard InChI is InChI=1S/C9H8F2N2O2/c1-5(12-14)9(13-15)7-3-2-6(10)4-8(7)11/h2-4,14-15H,1H3/b12-5-,13-9+. The van der Waals surface area contributed by atoms with Crippen LogP contribution in [0.2, 0.25) is 0 Å². The Morgan fingerprint density at radius 2 is 1.87 bits per heavy atom. The van der Waals surface area contributed by atoms with Gasteiger partial charge in [-0.15, -0.1) is 0 Å². The van der Waals surface area contributed by atoms with Gasteiger partial charge in [0, 0.05) is 11.6 Å². The van der Waals surface area contributed by atoms with Crippen molar-refractivity contribution in [1.29, 1.82) is 0 Å². The first-order valence-corrected chi connectivity index (χ1v) is 3.96. The lowest BCUT2D eigenvalue weighted by Crippen LogP contribution is -2.14. The molecule has 1 aromatic rings. The van der Waals surface area contributed by atoms with Crippen molar-refractivity contribution in [2.75, 3.05) is 0 Å². The Morgan fingerprint density at radius 1 is 1.20 bits per heavy atom. The van der Waals surface area contributed by atoms with E-state index in [1.54, 1.807) is 0 Å². The van der Waals surface area contributed by atoms with Crippen molar-refractivity contribution in [3.8, 4) is 0 Å². The summed E-state index contributed by atoms with van der Waals surface area (Å²) in [4.78, 5) is 0. The topological polar surface area (TPSA) is 65.2 Å². The minimum atomic E-state index is -0.897. The van der Waals surface area contributed by atoms with Crippen molar-refractivity contribution in [2.45, 2.75) is 6.92 Å². The highest BCUT2D eigenvalue weighted by atomic mass is 19.1.